The highest BCUT2D eigenvalue weighted by Crippen LogP contribution is 2.47. The minimum atomic E-state index is -0.868. The third-order valence-corrected chi connectivity index (χ3v) is 8.69. The largest absolute Gasteiger partial charge is 0.507 e. The van der Waals surface area contributed by atoms with Crippen LogP contribution in [0.1, 0.15) is 44.2 Å². The number of hydrogen-bond acceptors (Lipinski definition) is 5. The Balaban J connectivity index is 1.50. The number of phenols is 1. The van der Waals surface area contributed by atoms with E-state index in [-0.39, 0.29) is 30.1 Å². The fraction of sp³-hybridized carbons (Fsp3) is 0.353. The Hall–Kier alpha value is -3.74. The predicted octanol–water partition coefficient (Wildman–Crippen LogP) is 5.42. The van der Waals surface area contributed by atoms with Gasteiger partial charge in [-0.05, 0) is 58.9 Å². The smallest absolute Gasteiger partial charge is 0.233 e. The van der Waals surface area contributed by atoms with E-state index in [0.29, 0.717) is 19.3 Å². The number of fused-ring (bicyclic) bond motifs is 2. The standard InChI is InChI=1S/C34H37NO5/c1-20(2)26-18-27-32(34(40)35(3)33(27)39)28(19-36)31(26)30(38)16-13-22(21-9-5-4-6-10-21)17-23-14-15-29(37)25-12-8-7-11-24(23)25/h4-12,14-15,17,20,27-28,30,32,36-38H,13,16,18-19H2,1-3H3/b22-17-/t27-,28+,30-,32-/m1/s1. The topological polar surface area (TPSA) is 98.1 Å². The first kappa shape index (κ1) is 27.8. The van der Waals surface area contributed by atoms with Gasteiger partial charge in [0.05, 0.1) is 24.5 Å². The zero-order valence-electron chi connectivity index (χ0n) is 23.2. The number of hydrogen-bond donors (Lipinski definition) is 3. The van der Waals surface area contributed by atoms with Crippen LogP contribution in [0.3, 0.4) is 0 Å². The molecule has 0 saturated carbocycles. The molecule has 1 fully saturated rings. The molecule has 1 heterocycles. The number of carbonyl (C=O) groups is 2. The van der Waals surface area contributed by atoms with Crippen molar-refractivity contribution in [1.29, 1.82) is 0 Å². The molecule has 6 heteroatoms. The van der Waals surface area contributed by atoms with Crippen LogP contribution in [0.15, 0.2) is 77.9 Å². The maximum absolute atomic E-state index is 13.0. The zero-order valence-corrected chi connectivity index (χ0v) is 23.2. The molecule has 40 heavy (non-hydrogen) atoms. The van der Waals surface area contributed by atoms with E-state index in [0.717, 1.165) is 38.6 Å². The molecule has 2 amide bonds. The molecule has 4 atom stereocenters. The predicted molar refractivity (Wildman–Crippen MR) is 157 cm³/mol. The summed E-state index contributed by atoms with van der Waals surface area (Å²) in [4.78, 5) is 27.0. The number of allylic oxidation sites excluding steroid dienone is 2. The number of imide groups is 1. The summed E-state index contributed by atoms with van der Waals surface area (Å²) in [6.45, 7) is 3.78. The summed E-state index contributed by atoms with van der Waals surface area (Å²) in [6.07, 6.45) is 2.62. The molecule has 2 aliphatic rings. The van der Waals surface area contributed by atoms with Gasteiger partial charge in [-0.25, -0.2) is 0 Å². The minimum absolute atomic E-state index is 0.0703. The van der Waals surface area contributed by atoms with Crippen LogP contribution in [-0.4, -0.2) is 51.8 Å². The molecule has 0 unspecified atom stereocenters. The van der Waals surface area contributed by atoms with Crippen molar-refractivity contribution in [2.75, 3.05) is 13.7 Å². The molecule has 3 aromatic carbocycles. The fourth-order valence-electron chi connectivity index (χ4n) is 6.62. The van der Waals surface area contributed by atoms with Crippen molar-refractivity contribution in [3.63, 3.8) is 0 Å². The fourth-order valence-corrected chi connectivity index (χ4v) is 6.62. The number of rotatable bonds is 8. The van der Waals surface area contributed by atoms with Crippen molar-refractivity contribution >= 4 is 34.2 Å². The lowest BCUT2D eigenvalue weighted by Gasteiger charge is -2.38. The molecule has 3 aromatic rings. The molecule has 0 aromatic heterocycles. The van der Waals surface area contributed by atoms with Crippen molar-refractivity contribution < 1.29 is 24.9 Å². The van der Waals surface area contributed by atoms with Gasteiger partial charge >= 0.3 is 0 Å². The monoisotopic (exact) mass is 539 g/mol. The summed E-state index contributed by atoms with van der Waals surface area (Å²) in [5.41, 5.74) is 4.72. The van der Waals surface area contributed by atoms with E-state index in [2.05, 4.69) is 6.08 Å². The van der Waals surface area contributed by atoms with Gasteiger partial charge in [-0.2, -0.15) is 0 Å². The lowest BCUT2D eigenvalue weighted by Crippen LogP contribution is -2.39. The van der Waals surface area contributed by atoms with E-state index in [1.54, 1.807) is 6.07 Å². The van der Waals surface area contributed by atoms with Crippen LogP contribution >= 0.6 is 0 Å². The number of amides is 2. The molecular weight excluding hydrogens is 502 g/mol. The Kier molecular flexibility index (Phi) is 7.92. The number of aromatic hydroxyl groups is 1. The first-order valence-corrected chi connectivity index (χ1v) is 14.0. The van der Waals surface area contributed by atoms with Crippen molar-refractivity contribution in [1.82, 2.24) is 4.90 Å². The Morgan fingerprint density at radius 2 is 1.65 bits per heavy atom. The Labute approximate surface area is 235 Å². The minimum Gasteiger partial charge on any atom is -0.507 e. The molecule has 1 aliphatic carbocycles. The summed E-state index contributed by atoms with van der Waals surface area (Å²) in [5.74, 6) is -1.87. The Bertz CT molecular complexity index is 1490. The van der Waals surface area contributed by atoms with Gasteiger partial charge < -0.3 is 15.3 Å². The maximum Gasteiger partial charge on any atom is 0.233 e. The molecule has 1 saturated heterocycles. The van der Waals surface area contributed by atoms with Crippen molar-refractivity contribution in [2.45, 2.75) is 39.2 Å². The molecule has 6 nitrogen and oxygen atoms in total. The highest BCUT2D eigenvalue weighted by atomic mass is 16.3. The normalized spacial score (nSPS) is 22.4. The van der Waals surface area contributed by atoms with E-state index in [1.165, 1.54) is 11.9 Å². The molecule has 0 bridgehead atoms. The average Bonchev–Trinajstić information content (AvgIpc) is 3.19. The zero-order chi connectivity index (χ0) is 28.6. The highest BCUT2D eigenvalue weighted by molar-refractivity contribution is 6.05. The van der Waals surface area contributed by atoms with Gasteiger partial charge in [0.25, 0.3) is 0 Å². The number of benzene rings is 3. The number of carbonyl (C=O) groups excluding carboxylic acids is 2. The van der Waals surface area contributed by atoms with Crippen LogP contribution in [-0.2, 0) is 9.59 Å². The number of likely N-dealkylation sites (tertiary alicyclic amines) is 1. The van der Waals surface area contributed by atoms with E-state index in [4.69, 9.17) is 0 Å². The third-order valence-electron chi connectivity index (χ3n) is 8.69. The summed E-state index contributed by atoms with van der Waals surface area (Å²) < 4.78 is 0. The van der Waals surface area contributed by atoms with Crippen LogP contribution in [0.25, 0.3) is 22.4 Å². The maximum atomic E-state index is 13.0. The molecular formula is C34H37NO5. The van der Waals surface area contributed by atoms with Crippen LogP contribution in [0.4, 0.5) is 0 Å². The lowest BCUT2D eigenvalue weighted by atomic mass is 9.66. The molecule has 0 radical (unpaired) electrons. The van der Waals surface area contributed by atoms with Crippen LogP contribution in [0, 0.1) is 23.7 Å². The van der Waals surface area contributed by atoms with Crippen molar-refractivity contribution in [2.24, 2.45) is 23.7 Å². The number of aliphatic hydroxyl groups is 2. The van der Waals surface area contributed by atoms with E-state index in [1.807, 2.05) is 74.5 Å². The SMILES string of the molecule is CC(C)C1=C([C@H](O)CC/C(=C/c2ccc(O)c3ccccc23)c2ccccc2)[C@H](CO)[C@@H]2C(=O)N(C)C(=O)[C@@H]2C1. The summed E-state index contributed by atoms with van der Waals surface area (Å²) >= 11 is 0. The second-order valence-electron chi connectivity index (χ2n) is 11.3. The summed E-state index contributed by atoms with van der Waals surface area (Å²) in [7, 11) is 1.51. The molecule has 0 spiro atoms. The second kappa shape index (κ2) is 11.4. The van der Waals surface area contributed by atoms with Gasteiger partial charge in [0.1, 0.15) is 5.75 Å². The van der Waals surface area contributed by atoms with Gasteiger partial charge in [-0.3, -0.25) is 14.5 Å². The van der Waals surface area contributed by atoms with E-state index in [9.17, 15) is 24.9 Å². The highest BCUT2D eigenvalue weighted by Gasteiger charge is 2.53. The average molecular weight is 540 g/mol. The molecule has 5 rings (SSSR count). The van der Waals surface area contributed by atoms with Crippen molar-refractivity contribution in [3.8, 4) is 5.75 Å². The van der Waals surface area contributed by atoms with Crippen LogP contribution < -0.4 is 0 Å². The van der Waals surface area contributed by atoms with Gasteiger partial charge in [-0.15, -0.1) is 0 Å². The van der Waals surface area contributed by atoms with Crippen LogP contribution in [0.5, 0.6) is 5.75 Å². The summed E-state index contributed by atoms with van der Waals surface area (Å²) in [6, 6.07) is 21.3. The van der Waals surface area contributed by atoms with Crippen LogP contribution in [0.2, 0.25) is 0 Å². The van der Waals surface area contributed by atoms with E-state index >= 15 is 0 Å². The molecule has 208 valence electrons. The molecule has 3 N–H and O–H groups in total. The number of nitrogens with zero attached hydrogens (tertiary/aromatic N) is 1. The number of aliphatic hydroxyl groups excluding tert-OH is 2. The van der Waals surface area contributed by atoms with Crippen molar-refractivity contribution in [3.05, 3.63) is 89.0 Å². The Morgan fingerprint density at radius 1 is 0.975 bits per heavy atom. The quantitative estimate of drug-likeness (QED) is 0.202. The molecule has 1 aliphatic heterocycles. The van der Waals surface area contributed by atoms with Gasteiger partial charge in [0, 0.05) is 18.4 Å². The van der Waals surface area contributed by atoms with Gasteiger partial charge in [0.15, 0.2) is 0 Å². The lowest BCUT2D eigenvalue weighted by molar-refractivity contribution is -0.138. The third kappa shape index (κ3) is 4.98. The Morgan fingerprint density at radius 3 is 2.33 bits per heavy atom. The van der Waals surface area contributed by atoms with Gasteiger partial charge in [-0.1, -0.05) is 86.2 Å². The number of phenolic OH excluding ortho intramolecular Hbond substituents is 1. The first-order valence-electron chi connectivity index (χ1n) is 14.0. The van der Waals surface area contributed by atoms with E-state index < -0.39 is 23.9 Å². The van der Waals surface area contributed by atoms with Gasteiger partial charge in [0.2, 0.25) is 11.8 Å². The summed E-state index contributed by atoms with van der Waals surface area (Å²) in [5, 5.41) is 34.2. The first-order chi connectivity index (χ1) is 19.2. The second-order valence-corrected chi connectivity index (χ2v) is 11.3.